The van der Waals surface area contributed by atoms with Gasteiger partial charge in [0, 0.05) is 12.8 Å². The van der Waals surface area contributed by atoms with Gasteiger partial charge in [0.2, 0.25) is 0 Å². The topological polar surface area (TPSA) is 156 Å². The van der Waals surface area contributed by atoms with Crippen molar-refractivity contribution >= 4 is 11.9 Å². The average Bonchev–Trinajstić information content (AvgIpc) is 2.35. The first-order valence-electron chi connectivity index (χ1n) is 5.83. The van der Waals surface area contributed by atoms with Gasteiger partial charge in [-0.3, -0.25) is 9.59 Å². The van der Waals surface area contributed by atoms with Crippen LogP contribution in [-0.4, -0.2) is 62.1 Å². The van der Waals surface area contributed by atoms with Crippen molar-refractivity contribution in [2.45, 2.75) is 45.3 Å². The highest BCUT2D eigenvalue weighted by molar-refractivity contribution is 5.67. The highest BCUT2D eigenvalue weighted by Gasteiger charge is 1.99. The third kappa shape index (κ3) is 47.6. The van der Waals surface area contributed by atoms with E-state index in [0.717, 1.165) is 0 Å². The molecule has 0 heterocycles. The van der Waals surface area contributed by atoms with Crippen molar-refractivity contribution < 1.29 is 40.2 Å². The molecule has 116 valence electrons. The molecule has 0 aliphatic rings. The fourth-order valence-electron chi connectivity index (χ4n) is 0.552. The molecule has 0 radical (unpaired) electrons. The summed E-state index contributed by atoms with van der Waals surface area (Å²) < 4.78 is 0. The molecule has 0 rings (SSSR count). The molecule has 0 saturated heterocycles. The quantitative estimate of drug-likeness (QED) is 0.267. The van der Waals surface area contributed by atoms with Crippen LogP contribution in [0.25, 0.3) is 0 Å². The lowest BCUT2D eigenvalue weighted by molar-refractivity contribution is -0.139. The van der Waals surface area contributed by atoms with Gasteiger partial charge in [0.15, 0.2) is 6.29 Å². The number of aliphatic carboxylic acids is 2. The Kier molecular flexibility index (Phi) is 23.1. The van der Waals surface area contributed by atoms with Crippen LogP contribution in [0.1, 0.15) is 39.0 Å². The van der Waals surface area contributed by atoms with E-state index >= 15 is 0 Å². The van der Waals surface area contributed by atoms with Crippen LogP contribution in [0.5, 0.6) is 0 Å². The van der Waals surface area contributed by atoms with E-state index in [-0.39, 0.29) is 26.1 Å². The number of hydrogen-bond acceptors (Lipinski definition) is 6. The molecule has 0 fully saturated rings. The molecule has 0 aliphatic carbocycles. The maximum atomic E-state index is 9.90. The Hall–Kier alpha value is -1.22. The van der Waals surface area contributed by atoms with Gasteiger partial charge in [-0.15, -0.1) is 0 Å². The monoisotopic (exact) mass is 284 g/mol. The van der Waals surface area contributed by atoms with Crippen LogP contribution < -0.4 is 0 Å². The van der Waals surface area contributed by atoms with Gasteiger partial charge in [-0.1, -0.05) is 6.92 Å². The normalized spacial score (nSPS) is 8.95. The zero-order valence-corrected chi connectivity index (χ0v) is 11.0. The smallest absolute Gasteiger partial charge is 0.303 e. The minimum absolute atomic E-state index is 0.0628. The number of rotatable bonds is 7. The molecule has 0 aromatic heterocycles. The fraction of sp³-hybridized carbons (Fsp3) is 0.818. The molecule has 6 N–H and O–H groups in total. The van der Waals surface area contributed by atoms with Crippen LogP contribution in [-0.2, 0) is 9.59 Å². The van der Waals surface area contributed by atoms with Crippen molar-refractivity contribution in [3.05, 3.63) is 0 Å². The summed E-state index contributed by atoms with van der Waals surface area (Å²) in [7, 11) is 0. The summed E-state index contributed by atoms with van der Waals surface area (Å²) in [6.45, 7) is 1.45. The summed E-state index contributed by atoms with van der Waals surface area (Å²) in [5.41, 5.74) is 0. The molecular weight excluding hydrogens is 260 g/mol. The van der Waals surface area contributed by atoms with Gasteiger partial charge in [-0.05, 0) is 19.3 Å². The first-order chi connectivity index (χ1) is 8.81. The van der Waals surface area contributed by atoms with Crippen molar-refractivity contribution in [3.63, 3.8) is 0 Å². The zero-order chi connectivity index (χ0) is 15.7. The fourth-order valence-corrected chi connectivity index (χ4v) is 0.552. The van der Waals surface area contributed by atoms with Crippen molar-refractivity contribution in [2.24, 2.45) is 0 Å². The number of carbonyl (C=O) groups is 2. The molecule has 0 bridgehead atoms. The highest BCUT2D eigenvalue weighted by Crippen LogP contribution is 1.98. The van der Waals surface area contributed by atoms with Crippen molar-refractivity contribution in [2.75, 3.05) is 13.2 Å². The first kappa shape index (κ1) is 22.9. The summed E-state index contributed by atoms with van der Waals surface area (Å²) in [6, 6.07) is 0. The molecular formula is C11H24O8. The van der Waals surface area contributed by atoms with E-state index in [1.807, 2.05) is 0 Å². The van der Waals surface area contributed by atoms with Gasteiger partial charge in [-0.25, -0.2) is 0 Å². The highest BCUT2D eigenvalue weighted by atomic mass is 16.5. The van der Waals surface area contributed by atoms with Crippen LogP contribution in [0.4, 0.5) is 0 Å². The summed E-state index contributed by atoms with van der Waals surface area (Å²) >= 11 is 0. The van der Waals surface area contributed by atoms with E-state index in [1.54, 1.807) is 6.92 Å². The van der Waals surface area contributed by atoms with E-state index < -0.39 is 18.2 Å². The summed E-state index contributed by atoms with van der Waals surface area (Å²) in [5.74, 6) is -1.74. The van der Waals surface area contributed by atoms with E-state index in [9.17, 15) is 9.59 Å². The number of unbranched alkanes of at least 4 members (excludes halogenated alkanes) is 1. The minimum Gasteiger partial charge on any atom is -0.481 e. The maximum absolute atomic E-state index is 9.90. The predicted octanol–water partition coefficient (Wildman–Crippen LogP) is -0.606. The van der Waals surface area contributed by atoms with Gasteiger partial charge in [0.25, 0.3) is 0 Å². The predicted molar refractivity (Wildman–Crippen MR) is 66.4 cm³/mol. The van der Waals surface area contributed by atoms with Crippen LogP contribution >= 0.6 is 0 Å². The Bertz CT molecular complexity index is 187. The Balaban J connectivity index is -0.000000238. The lowest BCUT2D eigenvalue weighted by Gasteiger charge is -1.92. The number of aliphatic hydroxyl groups excluding tert-OH is 3. The number of carboxylic acids is 2. The van der Waals surface area contributed by atoms with Crippen LogP contribution in [0.3, 0.4) is 0 Å². The van der Waals surface area contributed by atoms with Gasteiger partial charge in [-0.2, -0.15) is 0 Å². The second-order valence-electron chi connectivity index (χ2n) is 3.33. The second kappa shape index (κ2) is 19.1. The Morgan fingerprint density at radius 2 is 1.16 bits per heavy atom. The Labute approximate surface area is 111 Å². The Morgan fingerprint density at radius 3 is 1.26 bits per heavy atom. The standard InChI is InChI=1S/C6H10O4.C3H8O2.C2H6O2/c7-5(8)3-1-2-4-6(9)10;1-2-3(4)5;3-1-2-4/h1-4H2,(H,7,8)(H,9,10);3-5H,2H2,1H3;3-4H,1-2H2. The molecule has 0 saturated carbocycles. The van der Waals surface area contributed by atoms with E-state index in [0.29, 0.717) is 19.3 Å². The summed E-state index contributed by atoms with van der Waals surface area (Å²) in [4.78, 5) is 19.8. The second-order valence-corrected chi connectivity index (χ2v) is 3.33. The number of carboxylic acid groups (broad SMARTS) is 2. The SMILES string of the molecule is CCC(O)O.O=C(O)CCCCC(=O)O.OCCO. The van der Waals surface area contributed by atoms with Gasteiger partial charge >= 0.3 is 11.9 Å². The van der Waals surface area contributed by atoms with Crippen LogP contribution in [0, 0.1) is 0 Å². The zero-order valence-electron chi connectivity index (χ0n) is 11.0. The molecule has 0 aliphatic heterocycles. The Morgan fingerprint density at radius 1 is 0.895 bits per heavy atom. The van der Waals surface area contributed by atoms with Crippen LogP contribution in [0.2, 0.25) is 0 Å². The van der Waals surface area contributed by atoms with Crippen molar-refractivity contribution in [1.82, 2.24) is 0 Å². The molecule has 0 atom stereocenters. The number of aliphatic hydroxyl groups is 4. The first-order valence-corrected chi connectivity index (χ1v) is 5.83. The van der Waals surface area contributed by atoms with E-state index in [2.05, 4.69) is 0 Å². The maximum Gasteiger partial charge on any atom is 0.303 e. The van der Waals surface area contributed by atoms with E-state index in [1.165, 1.54) is 0 Å². The third-order valence-corrected chi connectivity index (χ3v) is 1.50. The van der Waals surface area contributed by atoms with Gasteiger partial charge < -0.3 is 30.6 Å². The van der Waals surface area contributed by atoms with Gasteiger partial charge in [0.05, 0.1) is 13.2 Å². The molecule has 0 unspecified atom stereocenters. The molecule has 0 aromatic carbocycles. The molecule has 0 aromatic rings. The number of hydrogen-bond donors (Lipinski definition) is 6. The van der Waals surface area contributed by atoms with Crippen LogP contribution in [0.15, 0.2) is 0 Å². The van der Waals surface area contributed by atoms with Crippen molar-refractivity contribution in [1.29, 1.82) is 0 Å². The lowest BCUT2D eigenvalue weighted by Crippen LogP contribution is -1.99. The largest absolute Gasteiger partial charge is 0.481 e. The summed E-state index contributed by atoms with van der Waals surface area (Å²) in [6.07, 6.45) is 0.319. The van der Waals surface area contributed by atoms with E-state index in [4.69, 9.17) is 30.6 Å². The third-order valence-electron chi connectivity index (χ3n) is 1.50. The minimum atomic E-state index is -1.12. The molecule has 8 heteroatoms. The lowest BCUT2D eigenvalue weighted by atomic mass is 10.2. The molecule has 8 nitrogen and oxygen atoms in total. The average molecular weight is 284 g/mol. The molecule has 0 spiro atoms. The van der Waals surface area contributed by atoms with Crippen molar-refractivity contribution in [3.8, 4) is 0 Å². The summed E-state index contributed by atoms with van der Waals surface area (Å²) in [5, 5.41) is 47.3. The molecule has 0 amide bonds. The molecule has 19 heavy (non-hydrogen) atoms. The van der Waals surface area contributed by atoms with Gasteiger partial charge in [0.1, 0.15) is 0 Å².